The number of aromatic nitrogens is 2. The van der Waals surface area contributed by atoms with Gasteiger partial charge in [-0.2, -0.15) is 0 Å². The molecule has 0 aliphatic rings. The molecule has 0 atom stereocenters. The minimum absolute atomic E-state index is 0.303. The molecule has 0 amide bonds. The zero-order valence-corrected chi connectivity index (χ0v) is 13.0. The predicted octanol–water partition coefficient (Wildman–Crippen LogP) is 3.78. The molecule has 0 bridgehead atoms. The maximum atomic E-state index is 5.37. The zero-order chi connectivity index (χ0) is 15.2. The van der Waals surface area contributed by atoms with Crippen LogP contribution in [0, 0.1) is 0 Å². The lowest BCUT2D eigenvalue weighted by Crippen LogP contribution is -2.09. The summed E-state index contributed by atoms with van der Waals surface area (Å²) in [7, 11) is 1.66. The van der Waals surface area contributed by atoms with Crippen LogP contribution in [0.5, 0.6) is 5.75 Å². The van der Waals surface area contributed by atoms with Gasteiger partial charge in [0.25, 0.3) is 0 Å². The molecule has 5 heteroatoms. The van der Waals surface area contributed by atoms with E-state index in [2.05, 4.69) is 41.4 Å². The van der Waals surface area contributed by atoms with Crippen LogP contribution in [-0.4, -0.2) is 23.6 Å². The summed E-state index contributed by atoms with van der Waals surface area (Å²) in [5, 5.41) is 6.65. The van der Waals surface area contributed by atoms with Gasteiger partial charge in [0.05, 0.1) is 12.8 Å². The molecule has 2 rings (SSSR count). The van der Waals surface area contributed by atoms with Crippen molar-refractivity contribution in [2.45, 2.75) is 26.7 Å². The van der Waals surface area contributed by atoms with Crippen molar-refractivity contribution in [1.29, 1.82) is 0 Å². The van der Waals surface area contributed by atoms with Crippen LogP contribution in [0.1, 0.15) is 32.3 Å². The Balaban J connectivity index is 2.41. The van der Waals surface area contributed by atoms with Gasteiger partial charge in [-0.05, 0) is 25.0 Å². The summed E-state index contributed by atoms with van der Waals surface area (Å²) in [4.78, 5) is 8.74. The molecule has 0 saturated carbocycles. The third-order valence-electron chi connectivity index (χ3n) is 3.17. The monoisotopic (exact) mass is 286 g/mol. The Kier molecular flexibility index (Phi) is 4.98. The topological polar surface area (TPSA) is 59.1 Å². The highest BCUT2D eigenvalue weighted by molar-refractivity contribution is 5.69. The van der Waals surface area contributed by atoms with Gasteiger partial charge in [0, 0.05) is 12.1 Å². The maximum absolute atomic E-state index is 5.37. The standard InChI is InChI=1S/C16H22N4O/c1-5-17-15-14(11(2)3)16(19-10-18-15)20-12-8-6-7-9-13(12)21-4/h6-11H,5H2,1-4H3,(H2,17,18,19,20). The van der Waals surface area contributed by atoms with Crippen molar-refractivity contribution in [1.82, 2.24) is 9.97 Å². The van der Waals surface area contributed by atoms with Gasteiger partial charge in [-0.3, -0.25) is 0 Å². The molecule has 0 spiro atoms. The van der Waals surface area contributed by atoms with Crippen LogP contribution in [0.2, 0.25) is 0 Å². The van der Waals surface area contributed by atoms with Crippen molar-refractivity contribution < 1.29 is 4.74 Å². The Morgan fingerprint density at radius 3 is 2.52 bits per heavy atom. The number of nitrogens with one attached hydrogen (secondary N) is 2. The number of rotatable bonds is 6. The highest BCUT2D eigenvalue weighted by atomic mass is 16.5. The Labute approximate surface area is 125 Å². The van der Waals surface area contributed by atoms with Gasteiger partial charge < -0.3 is 15.4 Å². The van der Waals surface area contributed by atoms with Gasteiger partial charge >= 0.3 is 0 Å². The molecule has 1 heterocycles. The van der Waals surface area contributed by atoms with Crippen molar-refractivity contribution >= 4 is 17.3 Å². The zero-order valence-electron chi connectivity index (χ0n) is 13.0. The van der Waals surface area contributed by atoms with E-state index in [0.29, 0.717) is 5.92 Å². The summed E-state index contributed by atoms with van der Waals surface area (Å²) >= 11 is 0. The third-order valence-corrected chi connectivity index (χ3v) is 3.17. The largest absolute Gasteiger partial charge is 0.495 e. The van der Waals surface area contributed by atoms with Crippen molar-refractivity contribution in [2.75, 3.05) is 24.3 Å². The second-order valence-electron chi connectivity index (χ2n) is 4.99. The quantitative estimate of drug-likeness (QED) is 0.846. The second kappa shape index (κ2) is 6.92. The molecule has 2 N–H and O–H groups in total. The summed E-state index contributed by atoms with van der Waals surface area (Å²) in [5.74, 6) is 2.77. The molecule has 112 valence electrons. The third kappa shape index (κ3) is 3.42. The number of methoxy groups -OCH3 is 1. The van der Waals surface area contributed by atoms with Crippen LogP contribution >= 0.6 is 0 Å². The fourth-order valence-corrected chi connectivity index (χ4v) is 2.23. The Morgan fingerprint density at radius 2 is 1.86 bits per heavy atom. The number of nitrogens with zero attached hydrogens (tertiary/aromatic N) is 2. The van der Waals surface area contributed by atoms with E-state index in [9.17, 15) is 0 Å². The van der Waals surface area contributed by atoms with E-state index in [4.69, 9.17) is 4.74 Å². The van der Waals surface area contributed by atoms with Gasteiger partial charge in [-0.1, -0.05) is 26.0 Å². The Bertz CT molecular complexity index is 599. The number of hydrogen-bond donors (Lipinski definition) is 2. The summed E-state index contributed by atoms with van der Waals surface area (Å²) in [5.41, 5.74) is 1.97. The van der Waals surface area contributed by atoms with Crippen LogP contribution in [-0.2, 0) is 0 Å². The highest BCUT2D eigenvalue weighted by Crippen LogP contribution is 2.33. The molecule has 0 aliphatic carbocycles. The number of benzene rings is 1. The normalized spacial score (nSPS) is 10.5. The lowest BCUT2D eigenvalue weighted by atomic mass is 10.0. The van der Waals surface area contributed by atoms with E-state index in [1.165, 1.54) is 0 Å². The van der Waals surface area contributed by atoms with E-state index >= 15 is 0 Å². The molecule has 5 nitrogen and oxygen atoms in total. The Hall–Kier alpha value is -2.30. The molecule has 1 aromatic carbocycles. The van der Waals surface area contributed by atoms with E-state index in [1.807, 2.05) is 24.3 Å². The molecular weight excluding hydrogens is 264 g/mol. The van der Waals surface area contributed by atoms with Crippen LogP contribution in [0.15, 0.2) is 30.6 Å². The van der Waals surface area contributed by atoms with Gasteiger partial charge in [0.15, 0.2) is 0 Å². The highest BCUT2D eigenvalue weighted by Gasteiger charge is 2.15. The lowest BCUT2D eigenvalue weighted by molar-refractivity contribution is 0.417. The van der Waals surface area contributed by atoms with Crippen molar-refractivity contribution in [3.63, 3.8) is 0 Å². The summed E-state index contributed by atoms with van der Waals surface area (Å²) in [6.45, 7) is 7.14. The summed E-state index contributed by atoms with van der Waals surface area (Å²) in [6, 6.07) is 7.80. The maximum Gasteiger partial charge on any atom is 0.142 e. The second-order valence-corrected chi connectivity index (χ2v) is 4.99. The van der Waals surface area contributed by atoms with Crippen molar-refractivity contribution in [3.8, 4) is 5.75 Å². The minimum atomic E-state index is 0.303. The minimum Gasteiger partial charge on any atom is -0.495 e. The van der Waals surface area contributed by atoms with Crippen molar-refractivity contribution in [2.24, 2.45) is 0 Å². The molecule has 1 aromatic heterocycles. The van der Waals surface area contributed by atoms with Crippen LogP contribution in [0.25, 0.3) is 0 Å². The smallest absolute Gasteiger partial charge is 0.142 e. The van der Waals surface area contributed by atoms with E-state index in [1.54, 1.807) is 13.4 Å². The first kappa shape index (κ1) is 15.1. The first-order valence-electron chi connectivity index (χ1n) is 7.16. The molecule has 0 unspecified atom stereocenters. The fraction of sp³-hybridized carbons (Fsp3) is 0.375. The van der Waals surface area contributed by atoms with Gasteiger partial charge in [0.1, 0.15) is 23.7 Å². The molecule has 21 heavy (non-hydrogen) atoms. The number of anilines is 3. The van der Waals surface area contributed by atoms with Gasteiger partial charge in [-0.25, -0.2) is 9.97 Å². The summed E-state index contributed by atoms with van der Waals surface area (Å²) in [6.07, 6.45) is 1.57. The summed E-state index contributed by atoms with van der Waals surface area (Å²) < 4.78 is 5.37. The van der Waals surface area contributed by atoms with Crippen LogP contribution in [0.4, 0.5) is 17.3 Å². The van der Waals surface area contributed by atoms with E-state index in [-0.39, 0.29) is 0 Å². The van der Waals surface area contributed by atoms with E-state index in [0.717, 1.165) is 35.2 Å². The molecule has 2 aromatic rings. The average molecular weight is 286 g/mol. The van der Waals surface area contributed by atoms with Gasteiger partial charge in [0.2, 0.25) is 0 Å². The SMILES string of the molecule is CCNc1ncnc(Nc2ccccc2OC)c1C(C)C. The average Bonchev–Trinajstić information content (AvgIpc) is 2.48. The fourth-order valence-electron chi connectivity index (χ4n) is 2.23. The first-order chi connectivity index (χ1) is 10.2. The number of para-hydroxylation sites is 2. The number of hydrogen-bond acceptors (Lipinski definition) is 5. The molecule has 0 radical (unpaired) electrons. The molecular formula is C16H22N4O. The van der Waals surface area contributed by atoms with Crippen LogP contribution in [0.3, 0.4) is 0 Å². The lowest BCUT2D eigenvalue weighted by Gasteiger charge is -2.18. The van der Waals surface area contributed by atoms with Crippen LogP contribution < -0.4 is 15.4 Å². The molecule has 0 saturated heterocycles. The predicted molar refractivity (Wildman–Crippen MR) is 86.6 cm³/mol. The Morgan fingerprint density at radius 1 is 1.14 bits per heavy atom. The first-order valence-corrected chi connectivity index (χ1v) is 7.16. The van der Waals surface area contributed by atoms with E-state index < -0.39 is 0 Å². The van der Waals surface area contributed by atoms with Gasteiger partial charge in [-0.15, -0.1) is 0 Å². The molecule has 0 fully saturated rings. The number of ether oxygens (including phenoxy) is 1. The molecule has 0 aliphatic heterocycles. The van der Waals surface area contributed by atoms with Crippen molar-refractivity contribution in [3.05, 3.63) is 36.2 Å².